The summed E-state index contributed by atoms with van der Waals surface area (Å²) in [7, 11) is 0. The molecule has 0 amide bonds. The number of hydrogen-bond acceptors (Lipinski definition) is 2. The largest absolute Gasteiger partial charge is 0.376 e. The molecule has 2 heterocycles. The molecule has 1 atom stereocenters. The summed E-state index contributed by atoms with van der Waals surface area (Å²) in [5.74, 6) is 1.59. The van der Waals surface area contributed by atoms with Crippen LogP contribution >= 0.6 is 0 Å². The number of guanidine groups is 1. The maximum atomic E-state index is 5.97. The van der Waals surface area contributed by atoms with Crippen LogP contribution in [0.3, 0.4) is 0 Å². The van der Waals surface area contributed by atoms with Crippen LogP contribution in [0.4, 0.5) is 0 Å². The second-order valence-electron chi connectivity index (χ2n) is 7.95. The van der Waals surface area contributed by atoms with Crippen molar-refractivity contribution >= 4 is 16.9 Å². The monoisotopic (exact) mass is 404 g/mol. The smallest absolute Gasteiger partial charge is 0.193 e. The number of fused-ring (bicyclic) bond motifs is 1. The molecule has 30 heavy (non-hydrogen) atoms. The van der Waals surface area contributed by atoms with Gasteiger partial charge in [0, 0.05) is 49.2 Å². The van der Waals surface area contributed by atoms with E-state index in [1.54, 1.807) is 0 Å². The van der Waals surface area contributed by atoms with E-state index in [9.17, 15) is 0 Å². The van der Waals surface area contributed by atoms with Gasteiger partial charge in [-0.05, 0) is 37.0 Å². The Kier molecular flexibility index (Phi) is 7.03. The summed E-state index contributed by atoms with van der Waals surface area (Å²) in [6, 6.07) is 18.9. The van der Waals surface area contributed by atoms with E-state index in [1.807, 2.05) is 6.07 Å². The summed E-state index contributed by atoms with van der Waals surface area (Å²) in [6.07, 6.45) is 4.21. The van der Waals surface area contributed by atoms with Gasteiger partial charge in [-0.2, -0.15) is 0 Å². The minimum Gasteiger partial charge on any atom is -0.376 e. The predicted molar refractivity (Wildman–Crippen MR) is 124 cm³/mol. The number of benzene rings is 2. The number of H-pyrrole nitrogens is 1. The topological polar surface area (TPSA) is 52.7 Å². The van der Waals surface area contributed by atoms with Crippen LogP contribution in [-0.4, -0.2) is 48.6 Å². The van der Waals surface area contributed by atoms with Gasteiger partial charge in [-0.25, -0.2) is 0 Å². The first-order chi connectivity index (χ1) is 14.8. The first-order valence-electron chi connectivity index (χ1n) is 11.0. The molecule has 4 rings (SSSR count). The Morgan fingerprint density at radius 3 is 2.87 bits per heavy atom. The third-order valence-corrected chi connectivity index (χ3v) is 5.70. The van der Waals surface area contributed by atoms with Gasteiger partial charge in [0.15, 0.2) is 5.96 Å². The molecule has 3 aromatic rings. The summed E-state index contributed by atoms with van der Waals surface area (Å²) >= 11 is 0. The molecular weight excluding hydrogens is 372 g/mol. The van der Waals surface area contributed by atoms with Crippen LogP contribution in [0.15, 0.2) is 65.8 Å². The molecule has 0 spiro atoms. The van der Waals surface area contributed by atoms with Crippen molar-refractivity contribution < 1.29 is 4.74 Å². The fourth-order valence-corrected chi connectivity index (χ4v) is 4.13. The molecule has 1 unspecified atom stereocenters. The summed E-state index contributed by atoms with van der Waals surface area (Å²) in [5.41, 5.74) is 3.76. The number of ether oxygens (including phenoxy) is 1. The van der Waals surface area contributed by atoms with Gasteiger partial charge < -0.3 is 19.9 Å². The van der Waals surface area contributed by atoms with Gasteiger partial charge in [-0.1, -0.05) is 48.5 Å². The molecule has 5 heteroatoms. The quantitative estimate of drug-likeness (QED) is 0.437. The molecule has 1 aliphatic heterocycles. The lowest BCUT2D eigenvalue weighted by molar-refractivity contribution is 0.0907. The fraction of sp³-hybridized carbons (Fsp3) is 0.400. The molecule has 0 bridgehead atoms. The zero-order chi connectivity index (χ0) is 20.6. The standard InChI is InChI=1S/C25H32N4O/c1-2-26-25(27-14-12-22-16-28-24-11-7-6-10-23(22)24)29-15-13-21(17-29)19-30-18-20-8-4-3-5-9-20/h3-11,16,21,28H,2,12-15,17-19H2,1H3,(H,26,27). The molecule has 0 aliphatic carbocycles. The molecule has 2 aromatic carbocycles. The molecule has 5 nitrogen and oxygen atoms in total. The Bertz CT molecular complexity index is 950. The molecule has 0 saturated carbocycles. The van der Waals surface area contributed by atoms with Gasteiger partial charge in [-0.15, -0.1) is 0 Å². The van der Waals surface area contributed by atoms with Gasteiger partial charge in [0.05, 0.1) is 13.2 Å². The van der Waals surface area contributed by atoms with Crippen molar-refractivity contribution in [3.8, 4) is 0 Å². The number of rotatable bonds is 8. The molecule has 1 aromatic heterocycles. The zero-order valence-electron chi connectivity index (χ0n) is 17.8. The number of aliphatic imine (C=N–C) groups is 1. The lowest BCUT2D eigenvalue weighted by atomic mass is 10.1. The molecule has 158 valence electrons. The average Bonchev–Trinajstić information content (AvgIpc) is 3.41. The minimum absolute atomic E-state index is 0.561. The zero-order valence-corrected chi connectivity index (χ0v) is 17.8. The number of aromatic nitrogens is 1. The molecule has 0 radical (unpaired) electrons. The van der Waals surface area contributed by atoms with Crippen LogP contribution in [0.25, 0.3) is 10.9 Å². The van der Waals surface area contributed by atoms with Crippen LogP contribution < -0.4 is 5.32 Å². The maximum absolute atomic E-state index is 5.97. The average molecular weight is 405 g/mol. The summed E-state index contributed by atoms with van der Waals surface area (Å²) < 4.78 is 5.97. The Balaban J connectivity index is 1.28. The van der Waals surface area contributed by atoms with E-state index in [2.05, 4.69) is 76.9 Å². The maximum Gasteiger partial charge on any atom is 0.193 e. The highest BCUT2D eigenvalue weighted by Crippen LogP contribution is 2.19. The van der Waals surface area contributed by atoms with Gasteiger partial charge >= 0.3 is 0 Å². The van der Waals surface area contributed by atoms with Gasteiger partial charge in [-0.3, -0.25) is 4.99 Å². The lowest BCUT2D eigenvalue weighted by Gasteiger charge is -2.21. The Morgan fingerprint density at radius 2 is 2.00 bits per heavy atom. The van der Waals surface area contributed by atoms with Crippen molar-refractivity contribution in [2.75, 3.05) is 32.8 Å². The van der Waals surface area contributed by atoms with Crippen molar-refractivity contribution in [1.82, 2.24) is 15.2 Å². The summed E-state index contributed by atoms with van der Waals surface area (Å²) in [6.45, 7) is 7.35. The molecular formula is C25H32N4O. The van der Waals surface area contributed by atoms with Crippen LogP contribution in [0, 0.1) is 5.92 Å². The predicted octanol–water partition coefficient (Wildman–Crippen LogP) is 4.21. The number of para-hydroxylation sites is 1. The number of aromatic amines is 1. The van der Waals surface area contributed by atoms with E-state index in [4.69, 9.17) is 9.73 Å². The van der Waals surface area contributed by atoms with E-state index in [0.717, 1.165) is 51.6 Å². The SMILES string of the molecule is CCNC(=NCCc1c[nH]c2ccccc12)N1CCC(COCc2ccccc2)C1. The number of likely N-dealkylation sites (tertiary alicyclic amines) is 1. The summed E-state index contributed by atoms with van der Waals surface area (Å²) in [4.78, 5) is 10.7. The van der Waals surface area contributed by atoms with Crippen molar-refractivity contribution in [3.05, 3.63) is 71.9 Å². The highest BCUT2D eigenvalue weighted by molar-refractivity contribution is 5.83. The number of hydrogen-bond donors (Lipinski definition) is 2. The normalized spacial score (nSPS) is 17.0. The van der Waals surface area contributed by atoms with Crippen molar-refractivity contribution in [2.45, 2.75) is 26.4 Å². The molecule has 1 fully saturated rings. The first kappa shape index (κ1) is 20.5. The van der Waals surface area contributed by atoms with E-state index in [-0.39, 0.29) is 0 Å². The highest BCUT2D eigenvalue weighted by atomic mass is 16.5. The second-order valence-corrected chi connectivity index (χ2v) is 7.95. The molecule has 2 N–H and O–H groups in total. The number of nitrogens with one attached hydrogen (secondary N) is 2. The third-order valence-electron chi connectivity index (χ3n) is 5.70. The highest BCUT2D eigenvalue weighted by Gasteiger charge is 2.25. The van der Waals surface area contributed by atoms with Gasteiger partial charge in [0.25, 0.3) is 0 Å². The van der Waals surface area contributed by atoms with Crippen molar-refractivity contribution in [3.63, 3.8) is 0 Å². The van der Waals surface area contributed by atoms with E-state index in [1.165, 1.54) is 22.0 Å². The number of nitrogens with zero attached hydrogens (tertiary/aromatic N) is 2. The van der Waals surface area contributed by atoms with Crippen LogP contribution in [-0.2, 0) is 17.8 Å². The van der Waals surface area contributed by atoms with Crippen molar-refractivity contribution in [1.29, 1.82) is 0 Å². The lowest BCUT2D eigenvalue weighted by Crippen LogP contribution is -2.40. The fourth-order valence-electron chi connectivity index (χ4n) is 4.13. The van der Waals surface area contributed by atoms with Crippen LogP contribution in [0.1, 0.15) is 24.5 Å². The Hall–Kier alpha value is -2.79. The minimum atomic E-state index is 0.561. The Labute approximate surface area is 179 Å². The third kappa shape index (κ3) is 5.22. The van der Waals surface area contributed by atoms with E-state index in [0.29, 0.717) is 12.5 Å². The van der Waals surface area contributed by atoms with Gasteiger partial charge in [0.1, 0.15) is 0 Å². The van der Waals surface area contributed by atoms with Crippen molar-refractivity contribution in [2.24, 2.45) is 10.9 Å². The molecule has 1 aliphatic rings. The molecule has 1 saturated heterocycles. The van der Waals surface area contributed by atoms with Crippen LogP contribution in [0.5, 0.6) is 0 Å². The van der Waals surface area contributed by atoms with E-state index >= 15 is 0 Å². The van der Waals surface area contributed by atoms with Gasteiger partial charge in [0.2, 0.25) is 0 Å². The van der Waals surface area contributed by atoms with E-state index < -0.39 is 0 Å². The Morgan fingerprint density at radius 1 is 1.17 bits per heavy atom. The first-order valence-corrected chi connectivity index (χ1v) is 11.0. The summed E-state index contributed by atoms with van der Waals surface area (Å²) in [5, 5.41) is 4.77. The second kappa shape index (κ2) is 10.3. The van der Waals surface area contributed by atoms with Crippen LogP contribution in [0.2, 0.25) is 0 Å².